The third kappa shape index (κ3) is 4.85. The van der Waals surface area contributed by atoms with Crippen molar-refractivity contribution < 1.29 is 19.1 Å². The largest absolute Gasteiger partial charge is 0.465 e. The summed E-state index contributed by atoms with van der Waals surface area (Å²) in [5.41, 5.74) is 5.59. The molecule has 182 valence electrons. The second-order valence-corrected chi connectivity index (χ2v) is 8.70. The highest BCUT2D eigenvalue weighted by Crippen LogP contribution is 2.38. The van der Waals surface area contributed by atoms with Crippen LogP contribution in [0.1, 0.15) is 27.0 Å². The van der Waals surface area contributed by atoms with Crippen molar-refractivity contribution in [3.05, 3.63) is 95.1 Å². The van der Waals surface area contributed by atoms with E-state index in [0.717, 1.165) is 23.4 Å². The first kappa shape index (κ1) is 23.3. The first-order valence-corrected chi connectivity index (χ1v) is 11.7. The van der Waals surface area contributed by atoms with Crippen LogP contribution in [0.5, 0.6) is 0 Å². The highest BCUT2D eigenvalue weighted by atomic mass is 16.5. The van der Waals surface area contributed by atoms with Crippen LogP contribution >= 0.6 is 0 Å². The number of ether oxygens (including phenoxy) is 1. The first-order chi connectivity index (χ1) is 17.5. The maximum Gasteiger partial charge on any atom is 0.337 e. The zero-order chi connectivity index (χ0) is 25.1. The molecule has 1 fully saturated rings. The number of hydrogen-bond acceptors (Lipinski definition) is 6. The third-order valence-electron chi connectivity index (χ3n) is 6.24. The minimum absolute atomic E-state index is 0.0486. The van der Waals surface area contributed by atoms with Gasteiger partial charge in [0.05, 0.1) is 36.2 Å². The summed E-state index contributed by atoms with van der Waals surface area (Å²) >= 11 is 0. The Bertz CT molecular complexity index is 1350. The van der Waals surface area contributed by atoms with Gasteiger partial charge in [0.15, 0.2) is 0 Å². The van der Waals surface area contributed by atoms with Gasteiger partial charge < -0.3 is 20.7 Å². The predicted molar refractivity (Wildman–Crippen MR) is 138 cm³/mol. The molecule has 2 heterocycles. The molecule has 2 aliphatic heterocycles. The lowest BCUT2D eigenvalue weighted by Crippen LogP contribution is -2.47. The number of piperazine rings is 1. The Morgan fingerprint density at radius 1 is 1.00 bits per heavy atom. The molecule has 5 rings (SSSR count). The average Bonchev–Trinajstić information content (AvgIpc) is 3.23. The van der Waals surface area contributed by atoms with Gasteiger partial charge in [-0.15, -0.1) is 0 Å². The minimum Gasteiger partial charge on any atom is -0.465 e. The summed E-state index contributed by atoms with van der Waals surface area (Å²) in [7, 11) is 1.32. The number of fused-ring (bicyclic) bond motifs is 1. The summed E-state index contributed by atoms with van der Waals surface area (Å²) in [4.78, 5) is 38.9. The van der Waals surface area contributed by atoms with E-state index < -0.39 is 5.97 Å². The number of nitrogens with zero attached hydrogens (tertiary/aromatic N) is 1. The van der Waals surface area contributed by atoms with Crippen LogP contribution in [-0.4, -0.2) is 49.4 Å². The SMILES string of the molecule is COC(=O)c1ccc2c(c1)NC(=O)/C2=C(\Nc1ccc(CN2CCNC(=O)C2)cc1)c1ccccc1. The molecule has 0 unspecified atom stereocenters. The Morgan fingerprint density at radius 3 is 2.50 bits per heavy atom. The number of carbonyl (C=O) groups excluding carboxylic acids is 3. The van der Waals surface area contributed by atoms with E-state index >= 15 is 0 Å². The molecule has 8 heteroatoms. The van der Waals surface area contributed by atoms with E-state index in [0.29, 0.717) is 47.7 Å². The van der Waals surface area contributed by atoms with Crippen LogP contribution in [0.15, 0.2) is 72.8 Å². The van der Waals surface area contributed by atoms with E-state index in [1.165, 1.54) is 7.11 Å². The number of rotatable bonds is 6. The summed E-state index contributed by atoms with van der Waals surface area (Å²) in [6.45, 7) is 2.58. The number of esters is 1. The van der Waals surface area contributed by atoms with Gasteiger partial charge in [0.25, 0.3) is 5.91 Å². The molecule has 8 nitrogen and oxygen atoms in total. The first-order valence-electron chi connectivity index (χ1n) is 11.7. The zero-order valence-corrected chi connectivity index (χ0v) is 19.8. The summed E-state index contributed by atoms with van der Waals surface area (Å²) < 4.78 is 4.81. The van der Waals surface area contributed by atoms with Gasteiger partial charge in [0.1, 0.15) is 0 Å². The molecule has 0 aromatic heterocycles. The molecule has 0 saturated carbocycles. The van der Waals surface area contributed by atoms with Gasteiger partial charge in [0, 0.05) is 30.9 Å². The fraction of sp³-hybridized carbons (Fsp3) is 0.179. The Balaban J connectivity index is 1.46. The molecule has 0 atom stereocenters. The molecule has 1 saturated heterocycles. The highest BCUT2D eigenvalue weighted by molar-refractivity contribution is 6.37. The summed E-state index contributed by atoms with van der Waals surface area (Å²) in [5, 5.41) is 9.16. The lowest BCUT2D eigenvalue weighted by atomic mass is 9.99. The lowest BCUT2D eigenvalue weighted by molar-refractivity contribution is -0.124. The fourth-order valence-corrected chi connectivity index (χ4v) is 4.47. The van der Waals surface area contributed by atoms with Crippen LogP contribution in [0.2, 0.25) is 0 Å². The second kappa shape index (κ2) is 10.1. The number of carbonyl (C=O) groups is 3. The van der Waals surface area contributed by atoms with Crippen LogP contribution in [0.25, 0.3) is 11.3 Å². The Kier molecular flexibility index (Phi) is 6.51. The van der Waals surface area contributed by atoms with Gasteiger partial charge in [0.2, 0.25) is 5.91 Å². The van der Waals surface area contributed by atoms with Crippen molar-refractivity contribution in [2.45, 2.75) is 6.54 Å². The predicted octanol–water partition coefficient (Wildman–Crippen LogP) is 3.34. The van der Waals surface area contributed by atoms with E-state index in [2.05, 4.69) is 20.9 Å². The molecule has 0 spiro atoms. The number of hydrogen-bond donors (Lipinski definition) is 3. The standard InChI is InChI=1S/C28H26N4O4/c1-36-28(35)20-9-12-22-23(15-20)31-27(34)25(22)26(19-5-3-2-4-6-19)30-21-10-7-18(8-11-21)16-32-14-13-29-24(33)17-32/h2-12,15,30H,13-14,16-17H2,1H3,(H,29,33)(H,31,34)/b26-25-. The molecule has 2 amide bonds. The summed E-state index contributed by atoms with van der Waals surface area (Å²) in [6, 6.07) is 22.7. The van der Waals surface area contributed by atoms with E-state index in [-0.39, 0.29) is 11.8 Å². The van der Waals surface area contributed by atoms with E-state index in [4.69, 9.17) is 4.74 Å². The van der Waals surface area contributed by atoms with Crippen molar-refractivity contribution >= 4 is 40.4 Å². The molecular formula is C28H26N4O4. The van der Waals surface area contributed by atoms with Gasteiger partial charge >= 0.3 is 5.97 Å². The molecule has 3 aromatic carbocycles. The Morgan fingerprint density at radius 2 is 1.78 bits per heavy atom. The van der Waals surface area contributed by atoms with Crippen molar-refractivity contribution in [3.63, 3.8) is 0 Å². The van der Waals surface area contributed by atoms with E-state index in [9.17, 15) is 14.4 Å². The number of anilines is 2. The van der Waals surface area contributed by atoms with Crippen LogP contribution in [0.3, 0.4) is 0 Å². The summed E-state index contributed by atoms with van der Waals surface area (Å²) in [6.07, 6.45) is 0. The van der Waals surface area contributed by atoms with Gasteiger partial charge in [-0.1, -0.05) is 48.5 Å². The summed E-state index contributed by atoms with van der Waals surface area (Å²) in [5.74, 6) is -0.665. The molecule has 3 N–H and O–H groups in total. The highest BCUT2D eigenvalue weighted by Gasteiger charge is 2.29. The van der Waals surface area contributed by atoms with Gasteiger partial charge in [-0.2, -0.15) is 0 Å². The Hall–Kier alpha value is -4.43. The van der Waals surface area contributed by atoms with Crippen LogP contribution in [-0.2, 0) is 20.9 Å². The van der Waals surface area contributed by atoms with Crippen molar-refractivity contribution in [1.82, 2.24) is 10.2 Å². The quantitative estimate of drug-likeness (QED) is 0.368. The fourth-order valence-electron chi connectivity index (χ4n) is 4.47. The molecule has 0 radical (unpaired) electrons. The maximum absolute atomic E-state index is 13.1. The molecule has 0 bridgehead atoms. The van der Waals surface area contributed by atoms with Crippen LogP contribution in [0.4, 0.5) is 11.4 Å². The monoisotopic (exact) mass is 482 g/mol. The molecule has 2 aliphatic rings. The number of amides is 2. The number of methoxy groups -OCH3 is 1. The van der Waals surface area contributed by atoms with Crippen LogP contribution < -0.4 is 16.0 Å². The van der Waals surface area contributed by atoms with Crippen molar-refractivity contribution in [1.29, 1.82) is 0 Å². The average molecular weight is 483 g/mol. The molecule has 0 aliphatic carbocycles. The topological polar surface area (TPSA) is 99.8 Å². The maximum atomic E-state index is 13.1. The van der Waals surface area contributed by atoms with Crippen molar-refractivity contribution in [2.75, 3.05) is 37.4 Å². The van der Waals surface area contributed by atoms with Gasteiger partial charge in [-0.05, 0) is 35.4 Å². The lowest BCUT2D eigenvalue weighted by Gasteiger charge is -2.26. The van der Waals surface area contributed by atoms with Crippen molar-refractivity contribution in [2.24, 2.45) is 0 Å². The zero-order valence-electron chi connectivity index (χ0n) is 19.8. The van der Waals surface area contributed by atoms with Gasteiger partial charge in [-0.25, -0.2) is 4.79 Å². The molecule has 3 aromatic rings. The molecular weight excluding hydrogens is 456 g/mol. The normalized spacial score (nSPS) is 16.6. The van der Waals surface area contributed by atoms with E-state index in [1.54, 1.807) is 18.2 Å². The number of benzene rings is 3. The molecule has 36 heavy (non-hydrogen) atoms. The third-order valence-corrected chi connectivity index (χ3v) is 6.24. The van der Waals surface area contributed by atoms with E-state index in [1.807, 2.05) is 54.6 Å². The van der Waals surface area contributed by atoms with Crippen molar-refractivity contribution in [3.8, 4) is 0 Å². The van der Waals surface area contributed by atoms with Gasteiger partial charge in [-0.3, -0.25) is 14.5 Å². The second-order valence-electron chi connectivity index (χ2n) is 8.70. The minimum atomic E-state index is -0.462. The smallest absolute Gasteiger partial charge is 0.337 e. The Labute approximate surface area is 209 Å². The van der Waals surface area contributed by atoms with Crippen LogP contribution in [0, 0.1) is 0 Å². The number of nitrogens with one attached hydrogen (secondary N) is 3.